The smallest absolute Gasteiger partial charge is 0.322 e. The highest BCUT2D eigenvalue weighted by Gasteiger charge is 2.25. The molecule has 0 saturated carbocycles. The van der Waals surface area contributed by atoms with E-state index in [0.717, 1.165) is 19.3 Å². The minimum Gasteiger partial charge on any atom is -0.461 e. The third kappa shape index (κ3) is 4.49. The van der Waals surface area contributed by atoms with Gasteiger partial charge >= 0.3 is 6.01 Å². The predicted molar refractivity (Wildman–Crippen MR) is 77.8 cm³/mol. The first-order valence-electron chi connectivity index (χ1n) is 6.81. The van der Waals surface area contributed by atoms with Gasteiger partial charge in [-0.2, -0.15) is 15.0 Å². The summed E-state index contributed by atoms with van der Waals surface area (Å²) < 4.78 is 5.46. The highest BCUT2D eigenvalue weighted by Crippen LogP contribution is 2.25. The maximum atomic E-state index is 5.91. The zero-order valence-corrected chi connectivity index (χ0v) is 13.1. The number of rotatable bonds is 7. The first-order valence-corrected chi connectivity index (χ1v) is 7.19. The Morgan fingerprint density at radius 3 is 2.16 bits per heavy atom. The Kier molecular flexibility index (Phi) is 5.79. The molecule has 0 saturated heterocycles. The van der Waals surface area contributed by atoms with E-state index in [-0.39, 0.29) is 22.9 Å². The largest absolute Gasteiger partial charge is 0.461 e. The Morgan fingerprint density at radius 1 is 1.11 bits per heavy atom. The SMILES string of the molecule is CCC(CC)(CC)Nc1nc(Cl)nc(OC(C)C)n1. The summed E-state index contributed by atoms with van der Waals surface area (Å²) in [5.74, 6) is 0.473. The number of halogens is 1. The molecule has 1 aromatic rings. The number of ether oxygens (including phenoxy) is 1. The van der Waals surface area contributed by atoms with Gasteiger partial charge in [0.2, 0.25) is 11.2 Å². The lowest BCUT2D eigenvalue weighted by atomic mass is 9.90. The average Bonchev–Trinajstić information content (AvgIpc) is 2.34. The Balaban J connectivity index is 2.97. The van der Waals surface area contributed by atoms with Crippen molar-refractivity contribution in [3.63, 3.8) is 0 Å². The molecule has 5 nitrogen and oxygen atoms in total. The summed E-state index contributed by atoms with van der Waals surface area (Å²) in [7, 11) is 0. The molecule has 1 aromatic heterocycles. The quantitative estimate of drug-likeness (QED) is 0.828. The van der Waals surface area contributed by atoms with E-state index in [1.807, 2.05) is 13.8 Å². The molecule has 0 bridgehead atoms. The minimum atomic E-state index is -0.0141. The van der Waals surface area contributed by atoms with Gasteiger partial charge in [0.05, 0.1) is 6.10 Å². The molecule has 0 aliphatic rings. The standard InChI is InChI=1S/C13H23ClN4O/c1-6-13(7-2,8-3)18-11-15-10(14)16-12(17-11)19-9(4)5/h9H,6-8H2,1-5H3,(H,15,16,17,18). The summed E-state index contributed by atoms with van der Waals surface area (Å²) >= 11 is 5.91. The second kappa shape index (κ2) is 6.89. The van der Waals surface area contributed by atoms with Crippen molar-refractivity contribution in [2.45, 2.75) is 65.5 Å². The van der Waals surface area contributed by atoms with Gasteiger partial charge in [-0.25, -0.2) is 0 Å². The number of hydrogen-bond donors (Lipinski definition) is 1. The van der Waals surface area contributed by atoms with E-state index >= 15 is 0 Å². The monoisotopic (exact) mass is 286 g/mol. The van der Waals surface area contributed by atoms with Gasteiger partial charge in [0, 0.05) is 5.54 Å². The van der Waals surface area contributed by atoms with Crippen molar-refractivity contribution in [3.8, 4) is 6.01 Å². The van der Waals surface area contributed by atoms with Crippen LogP contribution in [0.2, 0.25) is 5.28 Å². The summed E-state index contributed by atoms with van der Waals surface area (Å²) in [4.78, 5) is 12.3. The van der Waals surface area contributed by atoms with Gasteiger partial charge in [0.25, 0.3) is 0 Å². The number of nitrogens with one attached hydrogen (secondary N) is 1. The average molecular weight is 287 g/mol. The molecule has 1 heterocycles. The van der Waals surface area contributed by atoms with E-state index in [0.29, 0.717) is 5.95 Å². The molecule has 1 N–H and O–H groups in total. The number of aromatic nitrogens is 3. The van der Waals surface area contributed by atoms with Crippen LogP contribution in [0.5, 0.6) is 6.01 Å². The van der Waals surface area contributed by atoms with E-state index < -0.39 is 0 Å². The van der Waals surface area contributed by atoms with Crippen molar-refractivity contribution in [3.05, 3.63) is 5.28 Å². The van der Waals surface area contributed by atoms with Gasteiger partial charge in [0.15, 0.2) is 0 Å². The van der Waals surface area contributed by atoms with Crippen molar-refractivity contribution in [2.75, 3.05) is 5.32 Å². The molecule has 0 spiro atoms. The van der Waals surface area contributed by atoms with Crippen LogP contribution in [-0.4, -0.2) is 26.6 Å². The van der Waals surface area contributed by atoms with Crippen molar-refractivity contribution >= 4 is 17.5 Å². The molecule has 0 fully saturated rings. The fourth-order valence-electron chi connectivity index (χ4n) is 1.90. The van der Waals surface area contributed by atoms with Crippen LogP contribution in [0, 0.1) is 0 Å². The summed E-state index contributed by atoms with van der Waals surface area (Å²) in [6, 6.07) is 0.259. The number of hydrogen-bond acceptors (Lipinski definition) is 5. The third-order valence-electron chi connectivity index (χ3n) is 3.34. The van der Waals surface area contributed by atoms with Crippen LogP contribution in [0.25, 0.3) is 0 Å². The highest BCUT2D eigenvalue weighted by molar-refractivity contribution is 6.28. The second-order valence-electron chi connectivity index (χ2n) is 4.84. The van der Waals surface area contributed by atoms with Gasteiger partial charge < -0.3 is 10.1 Å². The van der Waals surface area contributed by atoms with Gasteiger partial charge in [-0.1, -0.05) is 20.8 Å². The van der Waals surface area contributed by atoms with E-state index in [1.165, 1.54) is 0 Å². The fourth-order valence-corrected chi connectivity index (χ4v) is 2.06. The summed E-state index contributed by atoms with van der Waals surface area (Å²) in [6.07, 6.45) is 2.97. The van der Waals surface area contributed by atoms with E-state index in [1.54, 1.807) is 0 Å². The van der Waals surface area contributed by atoms with Crippen LogP contribution in [0.3, 0.4) is 0 Å². The van der Waals surface area contributed by atoms with Gasteiger partial charge in [-0.3, -0.25) is 0 Å². The van der Waals surface area contributed by atoms with E-state index in [2.05, 4.69) is 41.0 Å². The topological polar surface area (TPSA) is 59.9 Å². The zero-order valence-electron chi connectivity index (χ0n) is 12.3. The predicted octanol–water partition coefficient (Wildman–Crippen LogP) is 3.69. The van der Waals surface area contributed by atoms with Crippen molar-refractivity contribution < 1.29 is 4.74 Å². The first kappa shape index (κ1) is 16.0. The van der Waals surface area contributed by atoms with Crippen LogP contribution in [0.4, 0.5) is 5.95 Å². The normalized spacial score (nSPS) is 11.7. The number of anilines is 1. The Morgan fingerprint density at radius 2 is 1.68 bits per heavy atom. The maximum absolute atomic E-state index is 5.91. The molecule has 6 heteroatoms. The van der Waals surface area contributed by atoms with Gasteiger partial charge in [0.1, 0.15) is 0 Å². The molecule has 108 valence electrons. The van der Waals surface area contributed by atoms with Crippen molar-refractivity contribution in [1.29, 1.82) is 0 Å². The summed E-state index contributed by atoms with van der Waals surface area (Å²) in [5, 5.41) is 3.51. The molecular weight excluding hydrogens is 264 g/mol. The molecular formula is C13H23ClN4O. The molecule has 0 aliphatic carbocycles. The summed E-state index contributed by atoms with van der Waals surface area (Å²) in [5.41, 5.74) is -0.0141. The molecule has 0 unspecified atom stereocenters. The Hall–Kier alpha value is -1.10. The zero-order chi connectivity index (χ0) is 14.5. The van der Waals surface area contributed by atoms with Crippen LogP contribution in [0.1, 0.15) is 53.9 Å². The summed E-state index contributed by atoms with van der Waals surface area (Å²) in [6.45, 7) is 10.3. The Labute approximate surface area is 120 Å². The van der Waals surface area contributed by atoms with Crippen LogP contribution in [0.15, 0.2) is 0 Å². The first-order chi connectivity index (χ1) is 8.94. The second-order valence-corrected chi connectivity index (χ2v) is 5.18. The van der Waals surface area contributed by atoms with E-state index in [4.69, 9.17) is 16.3 Å². The van der Waals surface area contributed by atoms with Crippen LogP contribution < -0.4 is 10.1 Å². The fraction of sp³-hybridized carbons (Fsp3) is 0.769. The van der Waals surface area contributed by atoms with Crippen LogP contribution >= 0.6 is 11.6 Å². The van der Waals surface area contributed by atoms with E-state index in [9.17, 15) is 0 Å². The lowest BCUT2D eigenvalue weighted by Crippen LogP contribution is -2.37. The lowest BCUT2D eigenvalue weighted by Gasteiger charge is -2.31. The van der Waals surface area contributed by atoms with Crippen LogP contribution in [-0.2, 0) is 0 Å². The molecule has 0 radical (unpaired) electrons. The van der Waals surface area contributed by atoms with Crippen molar-refractivity contribution in [1.82, 2.24) is 15.0 Å². The lowest BCUT2D eigenvalue weighted by molar-refractivity contribution is 0.221. The van der Waals surface area contributed by atoms with Crippen molar-refractivity contribution in [2.24, 2.45) is 0 Å². The van der Waals surface area contributed by atoms with Gasteiger partial charge in [-0.05, 0) is 44.7 Å². The minimum absolute atomic E-state index is 0.000371. The highest BCUT2D eigenvalue weighted by atomic mass is 35.5. The maximum Gasteiger partial charge on any atom is 0.322 e. The molecule has 1 rings (SSSR count). The molecule has 0 atom stereocenters. The third-order valence-corrected chi connectivity index (χ3v) is 3.51. The molecule has 0 aliphatic heterocycles. The van der Waals surface area contributed by atoms with Gasteiger partial charge in [-0.15, -0.1) is 0 Å². The number of nitrogens with zero attached hydrogens (tertiary/aromatic N) is 3. The molecule has 0 amide bonds. The Bertz CT molecular complexity index is 399. The molecule has 19 heavy (non-hydrogen) atoms. The molecule has 0 aromatic carbocycles.